The second-order valence-corrected chi connectivity index (χ2v) is 5.65. The lowest BCUT2D eigenvalue weighted by atomic mass is 9.68. The molecule has 1 unspecified atom stereocenters. The molecule has 2 saturated carbocycles. The second kappa shape index (κ2) is 2.73. The van der Waals surface area contributed by atoms with Gasteiger partial charge in [-0.3, -0.25) is 0 Å². The summed E-state index contributed by atoms with van der Waals surface area (Å²) < 4.78 is 11.4. The minimum absolute atomic E-state index is 0.175. The van der Waals surface area contributed by atoms with Gasteiger partial charge in [-0.25, -0.2) is 0 Å². The Morgan fingerprint density at radius 1 is 1.07 bits per heavy atom. The molecule has 0 saturated heterocycles. The Bertz CT molecular complexity index is 243. The normalized spacial score (nSPS) is 43.1. The van der Waals surface area contributed by atoms with E-state index >= 15 is 0 Å². The first kappa shape index (κ1) is 10.4. The van der Waals surface area contributed by atoms with Crippen LogP contribution in [0, 0.1) is 16.7 Å². The zero-order valence-electron chi connectivity index (χ0n) is 10.0. The van der Waals surface area contributed by atoms with E-state index in [0.717, 1.165) is 12.3 Å². The molecule has 14 heavy (non-hydrogen) atoms. The molecule has 0 aromatic heterocycles. The van der Waals surface area contributed by atoms with Crippen molar-refractivity contribution in [1.82, 2.24) is 0 Å². The molecule has 82 valence electrons. The second-order valence-electron chi connectivity index (χ2n) is 5.65. The summed E-state index contributed by atoms with van der Waals surface area (Å²) in [7, 11) is 3.57. The van der Waals surface area contributed by atoms with Gasteiger partial charge in [0.2, 0.25) is 0 Å². The van der Waals surface area contributed by atoms with E-state index < -0.39 is 0 Å². The monoisotopic (exact) mass is 198 g/mol. The molecule has 0 aromatic rings. The van der Waals surface area contributed by atoms with Gasteiger partial charge in [-0.2, -0.15) is 0 Å². The highest BCUT2D eigenvalue weighted by atomic mass is 16.7. The summed E-state index contributed by atoms with van der Waals surface area (Å²) in [6.07, 6.45) is 3.62. The summed E-state index contributed by atoms with van der Waals surface area (Å²) in [6.45, 7) is 7.06. The van der Waals surface area contributed by atoms with Crippen LogP contribution in [0.5, 0.6) is 0 Å². The van der Waals surface area contributed by atoms with Gasteiger partial charge in [0.1, 0.15) is 0 Å². The number of fused-ring (bicyclic) bond motifs is 2. The van der Waals surface area contributed by atoms with Gasteiger partial charge < -0.3 is 9.47 Å². The molecule has 0 spiro atoms. The third-order valence-electron chi connectivity index (χ3n) is 5.45. The van der Waals surface area contributed by atoms with Crippen molar-refractivity contribution in [3.05, 3.63) is 0 Å². The third kappa shape index (κ3) is 0.849. The first-order chi connectivity index (χ1) is 6.43. The van der Waals surface area contributed by atoms with Gasteiger partial charge >= 0.3 is 0 Å². The Morgan fingerprint density at radius 3 is 1.86 bits per heavy atom. The molecule has 2 bridgehead atoms. The van der Waals surface area contributed by atoms with E-state index in [1.807, 2.05) is 0 Å². The minimum atomic E-state index is -0.334. The number of ether oxygens (including phenoxy) is 2. The molecule has 0 amide bonds. The minimum Gasteiger partial charge on any atom is -0.353 e. The maximum Gasteiger partial charge on any atom is 0.173 e. The number of hydrogen-bond acceptors (Lipinski definition) is 2. The summed E-state index contributed by atoms with van der Waals surface area (Å²) in [6, 6.07) is 0. The summed E-state index contributed by atoms with van der Waals surface area (Å²) in [5.74, 6) is 0.423. The van der Waals surface area contributed by atoms with Crippen molar-refractivity contribution in [2.24, 2.45) is 16.7 Å². The predicted octanol–water partition coefficient (Wildman–Crippen LogP) is 2.82. The Labute approximate surface area is 87.0 Å². The Hall–Kier alpha value is -0.0800. The molecule has 0 N–H and O–H groups in total. The van der Waals surface area contributed by atoms with E-state index in [0.29, 0.717) is 5.41 Å². The van der Waals surface area contributed by atoms with E-state index in [-0.39, 0.29) is 11.2 Å². The number of rotatable bonds is 2. The van der Waals surface area contributed by atoms with Gasteiger partial charge in [0.15, 0.2) is 5.79 Å². The lowest BCUT2D eigenvalue weighted by Gasteiger charge is -2.46. The molecular weight excluding hydrogens is 176 g/mol. The Morgan fingerprint density at radius 2 is 1.64 bits per heavy atom. The average molecular weight is 198 g/mol. The van der Waals surface area contributed by atoms with E-state index in [1.165, 1.54) is 12.8 Å². The summed E-state index contributed by atoms with van der Waals surface area (Å²) >= 11 is 0. The summed E-state index contributed by atoms with van der Waals surface area (Å²) in [5.41, 5.74) is 0.521. The molecule has 0 radical (unpaired) electrons. The Balaban J connectivity index is 2.44. The van der Waals surface area contributed by atoms with Crippen LogP contribution >= 0.6 is 0 Å². The highest BCUT2D eigenvalue weighted by Gasteiger charge is 2.70. The van der Waals surface area contributed by atoms with Crippen LogP contribution in [0.1, 0.15) is 40.0 Å². The maximum atomic E-state index is 5.70. The van der Waals surface area contributed by atoms with Crippen LogP contribution in [0.25, 0.3) is 0 Å². The van der Waals surface area contributed by atoms with Gasteiger partial charge in [0.05, 0.1) is 0 Å². The van der Waals surface area contributed by atoms with Gasteiger partial charge in [-0.15, -0.1) is 0 Å². The lowest BCUT2D eigenvalue weighted by Crippen LogP contribution is -2.50. The Kier molecular flexibility index (Phi) is 2.04. The van der Waals surface area contributed by atoms with E-state index in [9.17, 15) is 0 Å². The van der Waals surface area contributed by atoms with E-state index in [4.69, 9.17) is 9.47 Å². The van der Waals surface area contributed by atoms with Crippen molar-refractivity contribution in [2.45, 2.75) is 45.8 Å². The first-order valence-electron chi connectivity index (χ1n) is 5.54. The smallest absolute Gasteiger partial charge is 0.173 e. The highest BCUT2D eigenvalue weighted by molar-refractivity contribution is 5.15. The molecule has 2 rings (SSSR count). The van der Waals surface area contributed by atoms with Crippen molar-refractivity contribution in [3.8, 4) is 0 Å². The van der Waals surface area contributed by atoms with Gasteiger partial charge in [-0.1, -0.05) is 20.8 Å². The largest absolute Gasteiger partial charge is 0.353 e. The molecule has 0 aliphatic heterocycles. The molecule has 0 heterocycles. The van der Waals surface area contributed by atoms with E-state index in [1.54, 1.807) is 14.2 Å². The zero-order chi connectivity index (χ0) is 10.6. The number of methoxy groups -OCH3 is 2. The topological polar surface area (TPSA) is 18.5 Å². The molecular formula is C12H22O2. The average Bonchev–Trinajstić information content (AvgIpc) is 2.48. The van der Waals surface area contributed by atoms with Crippen LogP contribution in [0.3, 0.4) is 0 Å². The molecule has 2 atom stereocenters. The lowest BCUT2D eigenvalue weighted by molar-refractivity contribution is -0.275. The summed E-state index contributed by atoms with van der Waals surface area (Å²) in [5, 5.41) is 0. The number of hydrogen-bond donors (Lipinski definition) is 0. The SMILES string of the molecule is COC1(OC)CC2CC[C@@]1(C)C2(C)C. The van der Waals surface area contributed by atoms with E-state index in [2.05, 4.69) is 20.8 Å². The van der Waals surface area contributed by atoms with Gasteiger partial charge in [-0.05, 0) is 24.2 Å². The molecule has 2 fully saturated rings. The zero-order valence-corrected chi connectivity index (χ0v) is 10.0. The van der Waals surface area contributed by atoms with Crippen molar-refractivity contribution < 1.29 is 9.47 Å². The fourth-order valence-corrected chi connectivity index (χ4v) is 3.89. The highest BCUT2D eigenvalue weighted by Crippen LogP contribution is 2.70. The quantitative estimate of drug-likeness (QED) is 0.635. The van der Waals surface area contributed by atoms with Gasteiger partial charge in [0, 0.05) is 26.1 Å². The summed E-state index contributed by atoms with van der Waals surface area (Å²) in [4.78, 5) is 0. The first-order valence-corrected chi connectivity index (χ1v) is 5.54. The predicted molar refractivity (Wildman–Crippen MR) is 56.0 cm³/mol. The van der Waals surface area contributed by atoms with Crippen molar-refractivity contribution in [2.75, 3.05) is 14.2 Å². The molecule has 2 aliphatic carbocycles. The van der Waals surface area contributed by atoms with Crippen molar-refractivity contribution >= 4 is 0 Å². The van der Waals surface area contributed by atoms with Gasteiger partial charge in [0.25, 0.3) is 0 Å². The fraction of sp³-hybridized carbons (Fsp3) is 1.00. The molecule has 0 aromatic carbocycles. The molecule has 2 nitrogen and oxygen atoms in total. The molecule has 2 aliphatic rings. The van der Waals surface area contributed by atoms with Crippen LogP contribution in [0.4, 0.5) is 0 Å². The molecule has 2 heteroatoms. The fourth-order valence-electron chi connectivity index (χ4n) is 3.89. The van der Waals surface area contributed by atoms with Crippen LogP contribution in [0.15, 0.2) is 0 Å². The van der Waals surface area contributed by atoms with Crippen LogP contribution in [-0.4, -0.2) is 20.0 Å². The third-order valence-corrected chi connectivity index (χ3v) is 5.45. The standard InChI is InChI=1S/C12H22O2/c1-10(2)9-6-7-11(10,3)12(8-9,13-4)14-5/h9H,6-8H2,1-5H3/t9?,11-/m0/s1. The maximum absolute atomic E-state index is 5.70. The van der Waals surface area contributed by atoms with Crippen LogP contribution in [-0.2, 0) is 9.47 Å². The van der Waals surface area contributed by atoms with Crippen molar-refractivity contribution in [3.63, 3.8) is 0 Å². The van der Waals surface area contributed by atoms with Crippen LogP contribution in [0.2, 0.25) is 0 Å². The van der Waals surface area contributed by atoms with Crippen LogP contribution < -0.4 is 0 Å². The van der Waals surface area contributed by atoms with Crippen molar-refractivity contribution in [1.29, 1.82) is 0 Å².